The summed E-state index contributed by atoms with van der Waals surface area (Å²) >= 11 is 0. The van der Waals surface area contributed by atoms with Gasteiger partial charge in [0.05, 0.1) is 11.1 Å². The number of aryl methyl sites for hydroxylation is 2. The van der Waals surface area contributed by atoms with E-state index in [-0.39, 0.29) is 12.6 Å². The van der Waals surface area contributed by atoms with Gasteiger partial charge in [-0.1, -0.05) is 6.92 Å². The van der Waals surface area contributed by atoms with Crippen molar-refractivity contribution in [2.45, 2.75) is 33.7 Å². The van der Waals surface area contributed by atoms with Crippen molar-refractivity contribution in [3.8, 4) is 0 Å². The van der Waals surface area contributed by atoms with Crippen LogP contribution in [-0.2, 0) is 18.4 Å². The number of nitrogens with one attached hydrogen (secondary N) is 2. The Balaban J connectivity index is 2.45. The first-order valence-electron chi connectivity index (χ1n) is 6.52. The van der Waals surface area contributed by atoms with E-state index < -0.39 is 11.4 Å². The van der Waals surface area contributed by atoms with Crippen LogP contribution in [0.15, 0.2) is 6.20 Å². The third-order valence-electron chi connectivity index (χ3n) is 3.49. The fourth-order valence-corrected chi connectivity index (χ4v) is 1.69. The molecule has 0 aliphatic carbocycles. The second-order valence-electron chi connectivity index (χ2n) is 5.17. The van der Waals surface area contributed by atoms with Gasteiger partial charge >= 0.3 is 12.0 Å². The van der Waals surface area contributed by atoms with Gasteiger partial charge < -0.3 is 15.7 Å². The Morgan fingerprint density at radius 1 is 1.45 bits per heavy atom. The highest BCUT2D eigenvalue weighted by Gasteiger charge is 2.31. The average molecular weight is 282 g/mol. The van der Waals surface area contributed by atoms with Crippen LogP contribution >= 0.6 is 0 Å². The highest BCUT2D eigenvalue weighted by atomic mass is 16.4. The number of rotatable bonds is 6. The molecule has 1 rings (SSSR count). The number of aromatic nitrogens is 2. The van der Waals surface area contributed by atoms with Gasteiger partial charge in [-0.2, -0.15) is 5.10 Å². The summed E-state index contributed by atoms with van der Waals surface area (Å²) in [6, 6.07) is -0.380. The molecule has 3 N–H and O–H groups in total. The molecule has 7 nitrogen and oxygen atoms in total. The van der Waals surface area contributed by atoms with Crippen LogP contribution in [0.25, 0.3) is 0 Å². The highest BCUT2D eigenvalue weighted by molar-refractivity contribution is 5.77. The molecule has 2 amide bonds. The van der Waals surface area contributed by atoms with E-state index in [1.54, 1.807) is 18.5 Å². The predicted molar refractivity (Wildman–Crippen MR) is 74.2 cm³/mol. The van der Waals surface area contributed by atoms with Gasteiger partial charge in [-0.3, -0.25) is 9.48 Å². The molecular formula is C13H22N4O3. The zero-order valence-corrected chi connectivity index (χ0v) is 12.4. The number of hydrogen-bond acceptors (Lipinski definition) is 3. The molecule has 1 aromatic rings. The van der Waals surface area contributed by atoms with Crippen molar-refractivity contribution in [3.63, 3.8) is 0 Å². The third-order valence-corrected chi connectivity index (χ3v) is 3.49. The van der Waals surface area contributed by atoms with E-state index in [2.05, 4.69) is 15.7 Å². The summed E-state index contributed by atoms with van der Waals surface area (Å²) in [5.41, 5.74) is 0.845. The first-order chi connectivity index (χ1) is 9.28. The molecule has 1 heterocycles. The Hall–Kier alpha value is -2.05. The largest absolute Gasteiger partial charge is 0.481 e. The van der Waals surface area contributed by atoms with Crippen LogP contribution < -0.4 is 10.6 Å². The topological polar surface area (TPSA) is 96.3 Å². The van der Waals surface area contributed by atoms with Crippen molar-refractivity contribution in [1.29, 1.82) is 0 Å². The minimum absolute atomic E-state index is 0.0939. The molecule has 0 spiro atoms. The van der Waals surface area contributed by atoms with E-state index in [0.29, 0.717) is 13.0 Å². The molecule has 1 aromatic heterocycles. The normalized spacial score (nSPS) is 13.6. The zero-order chi connectivity index (χ0) is 15.3. The van der Waals surface area contributed by atoms with E-state index in [1.807, 2.05) is 20.2 Å². The molecule has 0 bridgehead atoms. The molecule has 7 heteroatoms. The molecule has 0 saturated heterocycles. The second kappa shape index (κ2) is 6.40. The fraction of sp³-hybridized carbons (Fsp3) is 0.615. The number of carbonyl (C=O) groups is 2. The summed E-state index contributed by atoms with van der Waals surface area (Å²) in [4.78, 5) is 22.8. The van der Waals surface area contributed by atoms with Crippen LogP contribution in [0.4, 0.5) is 4.79 Å². The number of carboxylic acid groups (broad SMARTS) is 1. The summed E-state index contributed by atoms with van der Waals surface area (Å²) in [6.45, 7) is 5.72. The van der Waals surface area contributed by atoms with Gasteiger partial charge in [0.15, 0.2) is 0 Å². The number of carbonyl (C=O) groups excluding carboxylic acids is 1. The molecule has 0 saturated carbocycles. The monoisotopic (exact) mass is 282 g/mol. The van der Waals surface area contributed by atoms with Gasteiger partial charge in [0.25, 0.3) is 0 Å². The van der Waals surface area contributed by atoms with Crippen molar-refractivity contribution in [1.82, 2.24) is 20.4 Å². The maximum Gasteiger partial charge on any atom is 0.315 e. The van der Waals surface area contributed by atoms with Crippen LogP contribution in [-0.4, -0.2) is 33.4 Å². The van der Waals surface area contributed by atoms with Gasteiger partial charge in [-0.05, 0) is 20.3 Å². The first kappa shape index (κ1) is 16.0. The molecule has 112 valence electrons. The number of nitrogens with zero attached hydrogens (tertiary/aromatic N) is 2. The predicted octanol–water partition coefficient (Wildman–Crippen LogP) is 1.03. The zero-order valence-electron chi connectivity index (χ0n) is 12.4. The van der Waals surface area contributed by atoms with Crippen LogP contribution in [0.3, 0.4) is 0 Å². The summed E-state index contributed by atoms with van der Waals surface area (Å²) in [6.07, 6.45) is 2.29. The molecule has 0 fully saturated rings. The number of urea groups is 1. The van der Waals surface area contributed by atoms with Crippen LogP contribution in [0, 0.1) is 12.3 Å². The fourth-order valence-electron chi connectivity index (χ4n) is 1.69. The van der Waals surface area contributed by atoms with Crippen molar-refractivity contribution >= 4 is 12.0 Å². The van der Waals surface area contributed by atoms with Crippen LogP contribution in [0.2, 0.25) is 0 Å². The summed E-state index contributed by atoms with van der Waals surface area (Å²) in [7, 11) is 1.82. The lowest BCUT2D eigenvalue weighted by Crippen LogP contribution is -2.44. The quantitative estimate of drug-likeness (QED) is 0.726. The molecule has 20 heavy (non-hydrogen) atoms. The average Bonchev–Trinajstić information content (AvgIpc) is 2.71. The lowest BCUT2D eigenvalue weighted by Gasteiger charge is -2.23. The molecule has 0 aliphatic heterocycles. The maximum atomic E-state index is 11.7. The van der Waals surface area contributed by atoms with Gasteiger partial charge in [0.1, 0.15) is 0 Å². The Bertz CT molecular complexity index is 498. The number of amides is 2. The van der Waals surface area contributed by atoms with Gasteiger partial charge in [-0.25, -0.2) is 4.79 Å². The summed E-state index contributed by atoms with van der Waals surface area (Å²) in [5, 5.41) is 18.6. The highest BCUT2D eigenvalue weighted by Crippen LogP contribution is 2.19. The van der Waals surface area contributed by atoms with Gasteiger partial charge in [-0.15, -0.1) is 0 Å². The standard InChI is InChI=1S/C13H22N4O3/c1-5-13(3,11(18)19)8-15-12(20)14-6-10-7-17(4)16-9(10)2/h7H,5-6,8H2,1-4H3,(H,18,19)(H2,14,15,20). The number of hydrogen-bond donors (Lipinski definition) is 3. The Morgan fingerprint density at radius 2 is 2.10 bits per heavy atom. The van der Waals surface area contributed by atoms with E-state index in [9.17, 15) is 9.59 Å². The first-order valence-corrected chi connectivity index (χ1v) is 6.52. The second-order valence-corrected chi connectivity index (χ2v) is 5.17. The SMILES string of the molecule is CCC(C)(CNC(=O)NCc1cn(C)nc1C)C(=O)O. The van der Waals surface area contributed by atoms with Crippen molar-refractivity contribution < 1.29 is 14.7 Å². The summed E-state index contributed by atoms with van der Waals surface area (Å²) in [5.74, 6) is -0.914. The molecule has 1 unspecified atom stereocenters. The molecule has 0 aromatic carbocycles. The Morgan fingerprint density at radius 3 is 2.55 bits per heavy atom. The Kier molecular flexibility index (Phi) is 5.12. The molecule has 0 aliphatic rings. The maximum absolute atomic E-state index is 11.7. The lowest BCUT2D eigenvalue weighted by atomic mass is 9.88. The number of carboxylic acids is 1. The van der Waals surface area contributed by atoms with E-state index in [1.165, 1.54) is 0 Å². The molecule has 1 atom stereocenters. The number of aliphatic carboxylic acids is 1. The minimum Gasteiger partial charge on any atom is -0.481 e. The molecular weight excluding hydrogens is 260 g/mol. The lowest BCUT2D eigenvalue weighted by molar-refractivity contribution is -0.147. The van der Waals surface area contributed by atoms with E-state index in [4.69, 9.17) is 5.11 Å². The third kappa shape index (κ3) is 3.97. The van der Waals surface area contributed by atoms with E-state index in [0.717, 1.165) is 11.3 Å². The van der Waals surface area contributed by atoms with Crippen molar-refractivity contribution in [3.05, 3.63) is 17.5 Å². The Labute approximate surface area is 118 Å². The smallest absolute Gasteiger partial charge is 0.315 e. The van der Waals surface area contributed by atoms with Gasteiger partial charge in [0.2, 0.25) is 0 Å². The van der Waals surface area contributed by atoms with Crippen molar-refractivity contribution in [2.75, 3.05) is 6.54 Å². The molecule has 0 radical (unpaired) electrons. The van der Waals surface area contributed by atoms with E-state index >= 15 is 0 Å². The van der Waals surface area contributed by atoms with Gasteiger partial charge in [0, 0.05) is 31.9 Å². The summed E-state index contributed by atoms with van der Waals surface area (Å²) < 4.78 is 1.68. The minimum atomic E-state index is -0.943. The van der Waals surface area contributed by atoms with Crippen LogP contribution in [0.5, 0.6) is 0 Å². The van der Waals surface area contributed by atoms with Crippen LogP contribution in [0.1, 0.15) is 31.5 Å². The van der Waals surface area contributed by atoms with Crippen molar-refractivity contribution in [2.24, 2.45) is 12.5 Å².